The Labute approximate surface area is 82.2 Å². The van der Waals surface area contributed by atoms with Crippen LogP contribution in [0.1, 0.15) is 15.9 Å². The summed E-state index contributed by atoms with van der Waals surface area (Å²) in [6.45, 7) is 0. The van der Waals surface area contributed by atoms with Gasteiger partial charge in [0.15, 0.2) is 0 Å². The van der Waals surface area contributed by atoms with Crippen molar-refractivity contribution >= 4 is 21.9 Å². The van der Waals surface area contributed by atoms with Crippen molar-refractivity contribution in [1.29, 1.82) is 5.26 Å². The highest BCUT2D eigenvalue weighted by atomic mass is 79.9. The monoisotopic (exact) mass is 241 g/mol. The van der Waals surface area contributed by atoms with Gasteiger partial charge in [0, 0.05) is 4.47 Å². The van der Waals surface area contributed by atoms with Crippen LogP contribution in [0.4, 0.5) is 0 Å². The van der Waals surface area contributed by atoms with Gasteiger partial charge in [-0.15, -0.1) is 0 Å². The Morgan fingerprint density at radius 3 is 2.54 bits per heavy atom. The molecular weight excluding hydrogens is 238 g/mol. The molecule has 1 aromatic carbocycles. The molecule has 0 radical (unpaired) electrons. The summed E-state index contributed by atoms with van der Waals surface area (Å²) in [5.41, 5.74) is -0.454. The van der Waals surface area contributed by atoms with Gasteiger partial charge < -0.3 is 10.2 Å². The summed E-state index contributed by atoms with van der Waals surface area (Å²) in [5, 5.41) is 26.5. The number of phenols is 1. The van der Waals surface area contributed by atoms with Crippen LogP contribution >= 0.6 is 15.9 Å². The third-order valence-electron chi connectivity index (χ3n) is 1.46. The van der Waals surface area contributed by atoms with Gasteiger partial charge in [0.05, 0.1) is 5.56 Å². The van der Waals surface area contributed by atoms with Crippen LogP contribution in [-0.4, -0.2) is 16.2 Å². The van der Waals surface area contributed by atoms with Crippen molar-refractivity contribution in [3.05, 3.63) is 27.7 Å². The number of rotatable bonds is 1. The Bertz CT molecular complexity index is 409. The van der Waals surface area contributed by atoms with Crippen LogP contribution in [0.15, 0.2) is 16.6 Å². The second-order valence-electron chi connectivity index (χ2n) is 2.23. The highest BCUT2D eigenvalue weighted by molar-refractivity contribution is 9.10. The molecule has 0 heterocycles. The van der Waals surface area contributed by atoms with E-state index in [1.165, 1.54) is 12.1 Å². The molecule has 0 aromatic heterocycles. The fraction of sp³-hybridized carbons (Fsp3) is 0. The van der Waals surface area contributed by atoms with E-state index in [9.17, 15) is 4.79 Å². The maximum Gasteiger partial charge on any atom is 0.340 e. The predicted molar refractivity (Wildman–Crippen MR) is 47.5 cm³/mol. The van der Waals surface area contributed by atoms with Crippen molar-refractivity contribution in [2.45, 2.75) is 0 Å². The SMILES string of the molecule is N#Cc1c(Br)ccc(O)c1C(=O)O. The first kappa shape index (κ1) is 9.55. The fourth-order valence-corrected chi connectivity index (χ4v) is 1.31. The Hall–Kier alpha value is -1.54. The zero-order valence-corrected chi connectivity index (χ0v) is 7.87. The summed E-state index contributed by atoms with van der Waals surface area (Å²) in [5.74, 6) is -1.73. The minimum absolute atomic E-state index is 0.0764. The molecule has 0 amide bonds. The second kappa shape index (κ2) is 3.46. The van der Waals surface area contributed by atoms with E-state index in [2.05, 4.69) is 15.9 Å². The van der Waals surface area contributed by atoms with Gasteiger partial charge in [-0.25, -0.2) is 4.79 Å². The zero-order chi connectivity index (χ0) is 10.0. The number of aromatic carboxylic acids is 1. The van der Waals surface area contributed by atoms with Gasteiger partial charge in [0.1, 0.15) is 17.4 Å². The topological polar surface area (TPSA) is 81.3 Å². The van der Waals surface area contributed by atoms with Crippen molar-refractivity contribution < 1.29 is 15.0 Å². The molecule has 1 aromatic rings. The van der Waals surface area contributed by atoms with Gasteiger partial charge in [-0.05, 0) is 28.1 Å². The summed E-state index contributed by atoms with van der Waals surface area (Å²) in [4.78, 5) is 10.6. The van der Waals surface area contributed by atoms with Crippen molar-refractivity contribution in [2.75, 3.05) is 0 Å². The van der Waals surface area contributed by atoms with Crippen LogP contribution in [0, 0.1) is 11.3 Å². The lowest BCUT2D eigenvalue weighted by Gasteiger charge is -2.02. The average molecular weight is 242 g/mol. The van der Waals surface area contributed by atoms with E-state index < -0.39 is 11.7 Å². The molecule has 0 aliphatic heterocycles. The number of carboxylic acid groups (broad SMARTS) is 1. The van der Waals surface area contributed by atoms with E-state index in [-0.39, 0.29) is 11.1 Å². The van der Waals surface area contributed by atoms with Crippen molar-refractivity contribution in [3.8, 4) is 11.8 Å². The minimum atomic E-state index is -1.32. The second-order valence-corrected chi connectivity index (χ2v) is 3.09. The van der Waals surface area contributed by atoms with Crippen LogP contribution in [0.25, 0.3) is 0 Å². The summed E-state index contributed by atoms with van der Waals surface area (Å²) in [7, 11) is 0. The van der Waals surface area contributed by atoms with Crippen molar-refractivity contribution in [2.24, 2.45) is 0 Å². The molecule has 13 heavy (non-hydrogen) atoms. The molecular formula is C8H4BrNO3. The quantitative estimate of drug-likeness (QED) is 0.785. The number of aromatic hydroxyl groups is 1. The molecule has 1 rings (SSSR count). The third kappa shape index (κ3) is 1.63. The molecule has 0 aliphatic rings. The van der Waals surface area contributed by atoms with Gasteiger partial charge in [0.2, 0.25) is 0 Å². The summed E-state index contributed by atoms with van der Waals surface area (Å²) in [6, 6.07) is 4.33. The van der Waals surface area contributed by atoms with E-state index in [0.717, 1.165) is 0 Å². The molecule has 0 unspecified atom stereocenters. The minimum Gasteiger partial charge on any atom is -0.507 e. The maximum absolute atomic E-state index is 10.6. The highest BCUT2D eigenvalue weighted by Crippen LogP contribution is 2.27. The van der Waals surface area contributed by atoms with Gasteiger partial charge in [-0.1, -0.05) is 0 Å². The van der Waals surface area contributed by atoms with Crippen LogP contribution in [0.3, 0.4) is 0 Å². The number of carbonyl (C=O) groups is 1. The average Bonchev–Trinajstić information content (AvgIpc) is 2.07. The largest absolute Gasteiger partial charge is 0.507 e. The lowest BCUT2D eigenvalue weighted by Crippen LogP contribution is -2.01. The normalized spacial score (nSPS) is 9.23. The van der Waals surface area contributed by atoms with Gasteiger partial charge in [-0.2, -0.15) is 5.26 Å². The van der Waals surface area contributed by atoms with Crippen LogP contribution in [0.5, 0.6) is 5.75 Å². The molecule has 0 saturated carbocycles. The summed E-state index contributed by atoms with van der Waals surface area (Å²) < 4.78 is 0.352. The third-order valence-corrected chi connectivity index (χ3v) is 2.12. The number of hydrogen-bond acceptors (Lipinski definition) is 3. The Morgan fingerprint density at radius 1 is 1.54 bits per heavy atom. The molecule has 0 atom stereocenters. The van der Waals surface area contributed by atoms with Gasteiger partial charge in [-0.3, -0.25) is 0 Å². The molecule has 4 nitrogen and oxygen atoms in total. The predicted octanol–water partition coefficient (Wildman–Crippen LogP) is 1.72. The number of hydrogen-bond donors (Lipinski definition) is 2. The standard InChI is InChI=1S/C8H4BrNO3/c9-5-1-2-6(11)7(8(12)13)4(5)3-10/h1-2,11H,(H,12,13). The molecule has 0 fully saturated rings. The Balaban J connectivity index is 3.55. The van der Waals surface area contributed by atoms with Crippen LogP contribution < -0.4 is 0 Å². The number of nitriles is 1. The van der Waals surface area contributed by atoms with Crippen LogP contribution in [-0.2, 0) is 0 Å². The fourth-order valence-electron chi connectivity index (χ4n) is 0.892. The first-order valence-electron chi connectivity index (χ1n) is 3.22. The van der Waals surface area contributed by atoms with E-state index in [1.54, 1.807) is 6.07 Å². The van der Waals surface area contributed by atoms with E-state index in [0.29, 0.717) is 4.47 Å². The number of halogens is 1. The summed E-state index contributed by atoms with van der Waals surface area (Å²) >= 11 is 3.01. The number of benzene rings is 1. The number of nitrogens with zero attached hydrogens (tertiary/aromatic N) is 1. The van der Waals surface area contributed by atoms with E-state index in [1.807, 2.05) is 0 Å². The molecule has 66 valence electrons. The Kier molecular flexibility index (Phi) is 2.54. The molecule has 0 spiro atoms. The molecule has 2 N–H and O–H groups in total. The smallest absolute Gasteiger partial charge is 0.340 e. The van der Waals surface area contributed by atoms with Crippen molar-refractivity contribution in [1.82, 2.24) is 0 Å². The van der Waals surface area contributed by atoms with E-state index in [4.69, 9.17) is 15.5 Å². The highest BCUT2D eigenvalue weighted by Gasteiger charge is 2.17. The van der Waals surface area contributed by atoms with Crippen molar-refractivity contribution in [3.63, 3.8) is 0 Å². The molecule has 0 saturated heterocycles. The molecule has 5 heteroatoms. The first-order valence-corrected chi connectivity index (χ1v) is 4.02. The van der Waals surface area contributed by atoms with Crippen LogP contribution in [0.2, 0.25) is 0 Å². The number of carboxylic acids is 1. The maximum atomic E-state index is 10.6. The lowest BCUT2D eigenvalue weighted by molar-refractivity contribution is 0.0693. The van der Waals surface area contributed by atoms with E-state index >= 15 is 0 Å². The van der Waals surface area contributed by atoms with Gasteiger partial charge in [0.25, 0.3) is 0 Å². The lowest BCUT2D eigenvalue weighted by atomic mass is 10.1. The zero-order valence-electron chi connectivity index (χ0n) is 6.28. The molecule has 0 aliphatic carbocycles. The summed E-state index contributed by atoms with van der Waals surface area (Å²) in [6.07, 6.45) is 0. The molecule has 0 bridgehead atoms. The first-order chi connectivity index (χ1) is 6.07. The Morgan fingerprint density at radius 2 is 2.15 bits per heavy atom. The van der Waals surface area contributed by atoms with Gasteiger partial charge >= 0.3 is 5.97 Å².